The van der Waals surface area contributed by atoms with Gasteiger partial charge in [-0.25, -0.2) is 0 Å². The Morgan fingerprint density at radius 1 is 1.26 bits per heavy atom. The summed E-state index contributed by atoms with van der Waals surface area (Å²) >= 11 is 0. The van der Waals surface area contributed by atoms with Gasteiger partial charge in [0.2, 0.25) is 11.8 Å². The van der Waals surface area contributed by atoms with Crippen molar-refractivity contribution in [3.63, 3.8) is 0 Å². The predicted molar refractivity (Wildman–Crippen MR) is 67.0 cm³/mol. The topological polar surface area (TPSA) is 101 Å². The van der Waals surface area contributed by atoms with Gasteiger partial charge in [0.25, 0.3) is 0 Å². The molecule has 0 aromatic rings. The Morgan fingerprint density at radius 3 is 2.37 bits per heavy atom. The second kappa shape index (κ2) is 4.83. The molecule has 6 nitrogen and oxygen atoms in total. The smallest absolute Gasteiger partial charge is 0.306 e. The summed E-state index contributed by atoms with van der Waals surface area (Å²) in [5, 5.41) is 8.95. The van der Waals surface area contributed by atoms with Crippen LogP contribution >= 0.6 is 0 Å². The third kappa shape index (κ3) is 2.57. The summed E-state index contributed by atoms with van der Waals surface area (Å²) in [6.45, 7) is 2.67. The summed E-state index contributed by atoms with van der Waals surface area (Å²) in [6.07, 6.45) is 2.19. The van der Waals surface area contributed by atoms with E-state index in [1.165, 1.54) is 0 Å². The van der Waals surface area contributed by atoms with Gasteiger partial charge in [0.05, 0.1) is 11.3 Å². The lowest BCUT2D eigenvalue weighted by Gasteiger charge is -2.23. The van der Waals surface area contributed by atoms with Gasteiger partial charge < -0.3 is 15.7 Å². The van der Waals surface area contributed by atoms with Crippen molar-refractivity contribution in [1.29, 1.82) is 0 Å². The number of likely N-dealkylation sites (tertiary alicyclic amines) is 1. The number of carbonyl (C=O) groups is 3. The van der Waals surface area contributed by atoms with Crippen LogP contribution in [0.15, 0.2) is 0 Å². The van der Waals surface area contributed by atoms with Crippen LogP contribution < -0.4 is 5.73 Å². The van der Waals surface area contributed by atoms with E-state index >= 15 is 0 Å². The minimum Gasteiger partial charge on any atom is -0.481 e. The summed E-state index contributed by atoms with van der Waals surface area (Å²) in [5.41, 5.74) is 4.72. The van der Waals surface area contributed by atoms with Gasteiger partial charge in [-0.05, 0) is 32.6 Å². The average Bonchev–Trinajstić information content (AvgIpc) is 2.95. The van der Waals surface area contributed by atoms with Gasteiger partial charge in [-0.2, -0.15) is 0 Å². The highest BCUT2D eigenvalue weighted by Crippen LogP contribution is 2.36. The van der Waals surface area contributed by atoms with Gasteiger partial charge in [-0.15, -0.1) is 0 Å². The zero-order valence-electron chi connectivity index (χ0n) is 11.1. The zero-order valence-corrected chi connectivity index (χ0v) is 11.1. The second-order valence-electron chi connectivity index (χ2n) is 5.98. The van der Waals surface area contributed by atoms with Crippen LogP contribution in [0.1, 0.15) is 32.6 Å². The first-order chi connectivity index (χ1) is 8.83. The normalized spacial score (nSPS) is 34.5. The maximum atomic E-state index is 12.3. The van der Waals surface area contributed by atoms with Gasteiger partial charge in [0.15, 0.2) is 0 Å². The van der Waals surface area contributed by atoms with Crippen molar-refractivity contribution >= 4 is 17.8 Å². The van der Waals surface area contributed by atoms with Gasteiger partial charge in [0.1, 0.15) is 0 Å². The van der Waals surface area contributed by atoms with Crippen molar-refractivity contribution in [2.45, 2.75) is 32.6 Å². The molecule has 1 saturated heterocycles. The van der Waals surface area contributed by atoms with Crippen LogP contribution in [0, 0.1) is 17.3 Å². The molecule has 106 valence electrons. The third-order valence-electron chi connectivity index (χ3n) is 4.51. The van der Waals surface area contributed by atoms with Crippen molar-refractivity contribution in [2.24, 2.45) is 23.0 Å². The van der Waals surface area contributed by atoms with Crippen LogP contribution in [0.2, 0.25) is 0 Å². The number of carboxylic acids is 1. The highest BCUT2D eigenvalue weighted by Gasteiger charge is 2.43. The van der Waals surface area contributed by atoms with E-state index in [9.17, 15) is 14.4 Å². The number of rotatable bonds is 3. The lowest BCUT2D eigenvalue weighted by atomic mass is 9.89. The molecule has 2 amide bonds. The molecule has 2 fully saturated rings. The largest absolute Gasteiger partial charge is 0.481 e. The standard InChI is InChI=1S/C13H20N2O4/c1-13(12(14)19)4-5-15(7-13)10(16)8-2-3-9(6-8)11(17)18/h8-9H,2-7H2,1H3,(H2,14,19)(H,17,18)/t8-,9+,13?/m1/s1. The Bertz CT molecular complexity index is 423. The lowest BCUT2D eigenvalue weighted by Crippen LogP contribution is -2.40. The fourth-order valence-corrected chi connectivity index (χ4v) is 3.04. The average molecular weight is 268 g/mol. The van der Waals surface area contributed by atoms with Crippen LogP contribution in [0.5, 0.6) is 0 Å². The molecule has 0 spiro atoms. The molecule has 1 heterocycles. The van der Waals surface area contributed by atoms with E-state index in [1.807, 2.05) is 0 Å². The molecule has 2 aliphatic rings. The van der Waals surface area contributed by atoms with E-state index in [4.69, 9.17) is 10.8 Å². The van der Waals surface area contributed by atoms with Crippen LogP contribution in [0.4, 0.5) is 0 Å². The molecule has 6 heteroatoms. The summed E-state index contributed by atoms with van der Waals surface area (Å²) < 4.78 is 0. The Morgan fingerprint density at radius 2 is 1.89 bits per heavy atom. The Hall–Kier alpha value is -1.59. The van der Waals surface area contributed by atoms with Crippen LogP contribution in [-0.2, 0) is 14.4 Å². The second-order valence-corrected chi connectivity index (χ2v) is 5.98. The van der Waals surface area contributed by atoms with E-state index in [1.54, 1.807) is 11.8 Å². The van der Waals surface area contributed by atoms with E-state index < -0.39 is 17.3 Å². The number of primary amides is 1. The maximum absolute atomic E-state index is 12.3. The van der Waals surface area contributed by atoms with Crippen LogP contribution in [-0.4, -0.2) is 40.9 Å². The first-order valence-corrected chi connectivity index (χ1v) is 6.65. The molecule has 3 N–H and O–H groups in total. The molecule has 0 aromatic heterocycles. The van der Waals surface area contributed by atoms with E-state index in [2.05, 4.69) is 0 Å². The Kier molecular flexibility index (Phi) is 3.52. The maximum Gasteiger partial charge on any atom is 0.306 e. The highest BCUT2D eigenvalue weighted by atomic mass is 16.4. The number of hydrogen-bond acceptors (Lipinski definition) is 3. The molecule has 19 heavy (non-hydrogen) atoms. The number of aliphatic carboxylic acids is 1. The molecule has 0 radical (unpaired) electrons. The van der Waals surface area contributed by atoms with Gasteiger partial charge in [0, 0.05) is 19.0 Å². The lowest BCUT2D eigenvalue weighted by molar-refractivity contribution is -0.141. The molecule has 2 rings (SSSR count). The van der Waals surface area contributed by atoms with E-state index in [-0.39, 0.29) is 17.7 Å². The third-order valence-corrected chi connectivity index (χ3v) is 4.51. The number of carbonyl (C=O) groups excluding carboxylic acids is 2. The zero-order chi connectivity index (χ0) is 14.2. The molecule has 1 unspecified atom stereocenters. The fourth-order valence-electron chi connectivity index (χ4n) is 3.04. The quantitative estimate of drug-likeness (QED) is 0.764. The van der Waals surface area contributed by atoms with Gasteiger partial charge in [-0.1, -0.05) is 0 Å². The minimum atomic E-state index is -0.821. The number of nitrogens with zero attached hydrogens (tertiary/aromatic N) is 1. The first-order valence-electron chi connectivity index (χ1n) is 6.65. The number of amides is 2. The molecule has 1 saturated carbocycles. The molecule has 1 aliphatic carbocycles. The van der Waals surface area contributed by atoms with Crippen LogP contribution in [0.25, 0.3) is 0 Å². The van der Waals surface area contributed by atoms with Crippen molar-refractivity contribution in [3.8, 4) is 0 Å². The SMILES string of the molecule is CC1(C(N)=O)CCN(C(=O)[C@@H]2CC[C@H](C(=O)O)C2)C1. The van der Waals surface area contributed by atoms with E-state index in [0.717, 1.165) is 0 Å². The molecule has 0 bridgehead atoms. The van der Waals surface area contributed by atoms with Crippen molar-refractivity contribution < 1.29 is 19.5 Å². The van der Waals surface area contributed by atoms with Crippen molar-refractivity contribution in [3.05, 3.63) is 0 Å². The Labute approximate surface area is 111 Å². The summed E-state index contributed by atoms with van der Waals surface area (Å²) in [4.78, 5) is 36.2. The summed E-state index contributed by atoms with van der Waals surface area (Å²) in [7, 11) is 0. The first kappa shape index (κ1) is 13.8. The fraction of sp³-hybridized carbons (Fsp3) is 0.769. The number of carboxylic acid groups (broad SMARTS) is 1. The highest BCUT2D eigenvalue weighted by molar-refractivity contribution is 5.85. The minimum absolute atomic E-state index is 0.0197. The summed E-state index contributed by atoms with van der Waals surface area (Å²) in [6, 6.07) is 0. The van der Waals surface area contributed by atoms with E-state index in [0.29, 0.717) is 38.8 Å². The molecular weight excluding hydrogens is 248 g/mol. The predicted octanol–water partition coefficient (Wildman–Crippen LogP) is 0.211. The molecule has 1 aliphatic heterocycles. The molecule has 0 aromatic carbocycles. The van der Waals surface area contributed by atoms with Crippen LogP contribution in [0.3, 0.4) is 0 Å². The monoisotopic (exact) mass is 268 g/mol. The molecular formula is C13H20N2O4. The molecule has 3 atom stereocenters. The number of hydrogen-bond donors (Lipinski definition) is 2. The number of nitrogens with two attached hydrogens (primary N) is 1. The van der Waals surface area contributed by atoms with Crippen molar-refractivity contribution in [1.82, 2.24) is 4.90 Å². The Balaban J connectivity index is 1.96. The van der Waals surface area contributed by atoms with Gasteiger partial charge >= 0.3 is 5.97 Å². The van der Waals surface area contributed by atoms with Gasteiger partial charge in [-0.3, -0.25) is 14.4 Å². The van der Waals surface area contributed by atoms with Crippen molar-refractivity contribution in [2.75, 3.05) is 13.1 Å². The summed E-state index contributed by atoms with van der Waals surface area (Å²) in [5.74, 6) is -1.83.